The molecule has 1 N–H and O–H groups in total. The van der Waals surface area contributed by atoms with E-state index in [0.717, 1.165) is 16.7 Å². The Hall–Kier alpha value is -1.43. The van der Waals surface area contributed by atoms with Crippen LogP contribution in [-0.2, 0) is 7.05 Å². The van der Waals surface area contributed by atoms with Crippen molar-refractivity contribution in [1.29, 1.82) is 0 Å². The third kappa shape index (κ3) is 1.99. The number of imidazole rings is 1. The molecule has 0 saturated heterocycles. The highest BCUT2D eigenvalue weighted by molar-refractivity contribution is 6.74. The minimum atomic E-state index is -1.50. The fourth-order valence-corrected chi connectivity index (χ4v) is 2.19. The van der Waals surface area contributed by atoms with Gasteiger partial charge in [-0.1, -0.05) is 0 Å². The SMILES string of the molecule is Cn1cn/c(=N\[Si](C)(C)C)c2[nH]cnc21. The van der Waals surface area contributed by atoms with Crippen molar-refractivity contribution >= 4 is 19.4 Å². The van der Waals surface area contributed by atoms with Crippen LogP contribution in [-0.4, -0.2) is 27.8 Å². The highest BCUT2D eigenvalue weighted by Gasteiger charge is 2.12. The number of aromatic nitrogens is 4. The van der Waals surface area contributed by atoms with Crippen molar-refractivity contribution in [1.82, 2.24) is 19.5 Å². The van der Waals surface area contributed by atoms with Crippen LogP contribution in [0.1, 0.15) is 0 Å². The van der Waals surface area contributed by atoms with E-state index in [-0.39, 0.29) is 0 Å². The molecule has 0 aliphatic heterocycles. The Morgan fingerprint density at radius 2 is 2.07 bits per heavy atom. The second-order valence-corrected chi connectivity index (χ2v) is 9.13. The standard InChI is InChI=1S/C9H15N5Si/c1-14-6-12-8(13-15(2,3)4)7-9(14)11-5-10-7/h5-6H,1-4H3,(H,10,11)/b13-8-. The zero-order chi connectivity index (χ0) is 11.1. The molecule has 0 bridgehead atoms. The monoisotopic (exact) mass is 221 g/mol. The molecule has 0 saturated carbocycles. The molecular formula is C9H15N5Si. The van der Waals surface area contributed by atoms with Gasteiger partial charge in [-0.15, -0.1) is 0 Å². The van der Waals surface area contributed by atoms with Crippen LogP contribution >= 0.6 is 0 Å². The summed E-state index contributed by atoms with van der Waals surface area (Å²) in [5.41, 5.74) is 2.59. The summed E-state index contributed by atoms with van der Waals surface area (Å²) < 4.78 is 6.56. The van der Waals surface area contributed by atoms with Crippen LogP contribution in [0.2, 0.25) is 19.6 Å². The molecule has 15 heavy (non-hydrogen) atoms. The number of aryl methyl sites for hydroxylation is 1. The van der Waals surface area contributed by atoms with Crippen molar-refractivity contribution in [2.24, 2.45) is 11.7 Å². The van der Waals surface area contributed by atoms with Crippen LogP contribution in [0.5, 0.6) is 0 Å². The van der Waals surface area contributed by atoms with Crippen molar-refractivity contribution in [3.05, 3.63) is 18.1 Å². The minimum absolute atomic E-state index is 0.778. The Kier molecular flexibility index (Phi) is 2.22. The second-order valence-electron chi connectivity index (χ2n) is 4.56. The van der Waals surface area contributed by atoms with Gasteiger partial charge in [-0.25, -0.2) is 9.97 Å². The summed E-state index contributed by atoms with van der Waals surface area (Å²) in [4.78, 5) is 11.6. The van der Waals surface area contributed by atoms with Gasteiger partial charge in [0.1, 0.15) is 5.52 Å². The first-order valence-electron chi connectivity index (χ1n) is 4.88. The van der Waals surface area contributed by atoms with Gasteiger partial charge in [0.25, 0.3) is 0 Å². The maximum atomic E-state index is 4.68. The average molecular weight is 221 g/mol. The van der Waals surface area contributed by atoms with Crippen LogP contribution in [0, 0.1) is 0 Å². The molecule has 0 aliphatic rings. The maximum Gasteiger partial charge on any atom is 0.175 e. The molecule has 0 atom stereocenters. The minimum Gasteiger partial charge on any atom is -0.340 e. The molecule has 80 valence electrons. The molecule has 6 heteroatoms. The molecule has 0 spiro atoms. The lowest BCUT2D eigenvalue weighted by molar-refractivity contribution is 0.882. The van der Waals surface area contributed by atoms with E-state index in [1.54, 1.807) is 12.7 Å². The predicted octanol–water partition coefficient (Wildman–Crippen LogP) is 1.03. The van der Waals surface area contributed by atoms with Gasteiger partial charge in [0, 0.05) is 7.05 Å². The Bertz CT molecular complexity index is 545. The number of nitrogens with zero attached hydrogens (tertiary/aromatic N) is 4. The van der Waals surface area contributed by atoms with Crippen molar-refractivity contribution < 1.29 is 0 Å². The highest BCUT2D eigenvalue weighted by Crippen LogP contribution is 2.03. The number of H-pyrrole nitrogens is 1. The van der Waals surface area contributed by atoms with E-state index in [1.165, 1.54) is 0 Å². The molecule has 0 aromatic carbocycles. The third-order valence-electron chi connectivity index (χ3n) is 1.97. The quantitative estimate of drug-likeness (QED) is 0.731. The third-order valence-corrected chi connectivity index (χ3v) is 2.85. The van der Waals surface area contributed by atoms with E-state index >= 15 is 0 Å². The van der Waals surface area contributed by atoms with E-state index in [0.29, 0.717) is 0 Å². The van der Waals surface area contributed by atoms with Crippen molar-refractivity contribution in [3.63, 3.8) is 0 Å². The first-order chi connectivity index (χ1) is 6.97. The van der Waals surface area contributed by atoms with Crippen molar-refractivity contribution in [2.45, 2.75) is 19.6 Å². The summed E-state index contributed by atoms with van der Waals surface area (Å²) in [5.74, 6) is 0. The maximum absolute atomic E-state index is 4.68. The van der Waals surface area contributed by atoms with Gasteiger partial charge in [0.2, 0.25) is 0 Å². The topological polar surface area (TPSA) is 58.9 Å². The van der Waals surface area contributed by atoms with E-state index in [2.05, 4.69) is 39.3 Å². The summed E-state index contributed by atoms with van der Waals surface area (Å²) >= 11 is 0. The number of nitrogens with one attached hydrogen (secondary N) is 1. The zero-order valence-corrected chi connectivity index (χ0v) is 10.4. The summed E-state index contributed by atoms with van der Waals surface area (Å²) in [6, 6.07) is 0. The largest absolute Gasteiger partial charge is 0.340 e. The van der Waals surface area contributed by atoms with Crippen LogP contribution in [0.25, 0.3) is 11.2 Å². The van der Waals surface area contributed by atoms with Gasteiger partial charge in [0.15, 0.2) is 19.4 Å². The lowest BCUT2D eigenvalue weighted by Crippen LogP contribution is -2.24. The summed E-state index contributed by atoms with van der Waals surface area (Å²) in [7, 11) is 0.425. The van der Waals surface area contributed by atoms with Gasteiger partial charge in [-0.3, -0.25) is 0 Å². The fraction of sp³-hybridized carbons (Fsp3) is 0.444. The molecule has 2 aromatic heterocycles. The highest BCUT2D eigenvalue weighted by atomic mass is 28.3. The smallest absolute Gasteiger partial charge is 0.175 e. The molecule has 2 heterocycles. The Morgan fingerprint density at radius 1 is 1.33 bits per heavy atom. The number of fused-ring (bicyclic) bond motifs is 1. The van der Waals surface area contributed by atoms with Gasteiger partial charge >= 0.3 is 0 Å². The molecule has 0 unspecified atom stereocenters. The first kappa shape index (κ1) is 10.1. The van der Waals surface area contributed by atoms with E-state index < -0.39 is 8.24 Å². The van der Waals surface area contributed by atoms with Crippen molar-refractivity contribution in [2.75, 3.05) is 0 Å². The summed E-state index contributed by atoms with van der Waals surface area (Å²) in [6.07, 6.45) is 3.43. The van der Waals surface area contributed by atoms with E-state index in [4.69, 9.17) is 0 Å². The van der Waals surface area contributed by atoms with Crippen LogP contribution in [0.3, 0.4) is 0 Å². The molecule has 0 fully saturated rings. The van der Waals surface area contributed by atoms with Crippen LogP contribution in [0.4, 0.5) is 0 Å². The van der Waals surface area contributed by atoms with Gasteiger partial charge in [-0.2, -0.15) is 0 Å². The van der Waals surface area contributed by atoms with Gasteiger partial charge in [-0.05, 0) is 19.6 Å². The van der Waals surface area contributed by atoms with Gasteiger partial charge in [0.05, 0.1) is 12.7 Å². The lowest BCUT2D eigenvalue weighted by Gasteiger charge is -2.07. The normalized spacial score (nSPS) is 13.7. The number of hydrogen-bond acceptors (Lipinski definition) is 3. The fourth-order valence-electron chi connectivity index (χ4n) is 1.38. The molecule has 2 aromatic rings. The number of aromatic amines is 1. The van der Waals surface area contributed by atoms with Crippen LogP contribution < -0.4 is 5.49 Å². The molecule has 0 amide bonds. The second kappa shape index (κ2) is 3.30. The Balaban J connectivity index is 2.78. The number of rotatable bonds is 1. The summed E-state index contributed by atoms with van der Waals surface area (Å²) in [6.45, 7) is 6.55. The predicted molar refractivity (Wildman–Crippen MR) is 61.8 cm³/mol. The van der Waals surface area contributed by atoms with Crippen molar-refractivity contribution in [3.8, 4) is 0 Å². The Morgan fingerprint density at radius 3 is 2.73 bits per heavy atom. The molecule has 0 aliphatic carbocycles. The first-order valence-corrected chi connectivity index (χ1v) is 8.33. The molecule has 5 nitrogen and oxygen atoms in total. The molecule has 0 radical (unpaired) electrons. The van der Waals surface area contributed by atoms with E-state index in [9.17, 15) is 0 Å². The Labute approximate surface area is 89.0 Å². The molecular weight excluding hydrogens is 206 g/mol. The van der Waals surface area contributed by atoms with E-state index in [1.807, 2.05) is 11.6 Å². The lowest BCUT2D eigenvalue weighted by atomic mass is 10.5. The molecule has 2 rings (SSSR count). The summed E-state index contributed by atoms with van der Waals surface area (Å²) in [5, 5.41) is 0. The number of hydrogen-bond donors (Lipinski definition) is 1. The van der Waals surface area contributed by atoms with Crippen LogP contribution in [0.15, 0.2) is 17.3 Å². The van der Waals surface area contributed by atoms with Gasteiger partial charge < -0.3 is 14.2 Å². The average Bonchev–Trinajstić information content (AvgIpc) is 2.57. The zero-order valence-electron chi connectivity index (χ0n) is 9.44.